The highest BCUT2D eigenvalue weighted by atomic mass is 19.4. The molecule has 0 bridgehead atoms. The number of hydrogen-bond acceptors (Lipinski definition) is 5. The summed E-state index contributed by atoms with van der Waals surface area (Å²) in [5.74, 6) is -2.65. The molecule has 0 spiro atoms. The van der Waals surface area contributed by atoms with Crippen LogP contribution >= 0.6 is 0 Å². The van der Waals surface area contributed by atoms with E-state index < -0.39 is 46.7 Å². The van der Waals surface area contributed by atoms with Crippen molar-refractivity contribution in [3.05, 3.63) is 94.5 Å². The summed E-state index contributed by atoms with van der Waals surface area (Å²) in [5, 5.41) is 2.32. The van der Waals surface area contributed by atoms with E-state index in [-0.39, 0.29) is 28.1 Å². The lowest BCUT2D eigenvalue weighted by Crippen LogP contribution is -2.54. The van der Waals surface area contributed by atoms with Crippen molar-refractivity contribution in [2.45, 2.75) is 17.8 Å². The van der Waals surface area contributed by atoms with Crippen LogP contribution in [0.15, 0.2) is 66.7 Å². The number of rotatable bonds is 4. The van der Waals surface area contributed by atoms with Gasteiger partial charge in [0.15, 0.2) is 0 Å². The highest BCUT2D eigenvalue weighted by Crippen LogP contribution is 2.56. The molecule has 4 rings (SSSR count). The lowest BCUT2D eigenvalue weighted by atomic mass is 9.73. The van der Waals surface area contributed by atoms with Crippen LogP contribution < -0.4 is 11.1 Å². The fourth-order valence-corrected chi connectivity index (χ4v) is 3.95. The van der Waals surface area contributed by atoms with Gasteiger partial charge in [-0.05, 0) is 53.6 Å². The van der Waals surface area contributed by atoms with E-state index >= 15 is 0 Å². The highest BCUT2D eigenvalue weighted by molar-refractivity contribution is 6.16. The number of nitrogens with two attached hydrogens (primary N) is 1. The van der Waals surface area contributed by atoms with Crippen molar-refractivity contribution in [3.8, 4) is 0 Å². The summed E-state index contributed by atoms with van der Waals surface area (Å²) in [4.78, 5) is 35.7. The molecule has 0 saturated heterocycles. The van der Waals surface area contributed by atoms with Gasteiger partial charge >= 0.3 is 24.3 Å². The number of nitrogens with one attached hydrogen (secondary N) is 1. The first kappa shape index (κ1) is 24.8. The molecule has 6 nitrogen and oxygen atoms in total. The van der Waals surface area contributed by atoms with Crippen LogP contribution in [0.2, 0.25) is 0 Å². The number of halogens is 6. The number of nitrogen functional groups attached to an aromatic ring is 1. The van der Waals surface area contributed by atoms with Crippen LogP contribution in [0.4, 0.5) is 37.7 Å². The molecule has 1 aliphatic rings. The van der Waals surface area contributed by atoms with Crippen LogP contribution in [0.1, 0.15) is 42.2 Å². The smallest absolute Gasteiger partial charge is 0.399 e. The van der Waals surface area contributed by atoms with Crippen molar-refractivity contribution in [2.75, 3.05) is 11.1 Å². The molecule has 0 aromatic heterocycles. The molecular weight excluding hydrogens is 494 g/mol. The van der Waals surface area contributed by atoms with Gasteiger partial charge in [-0.2, -0.15) is 26.3 Å². The molecular formula is C24H14F6N2O4. The van der Waals surface area contributed by atoms with Gasteiger partial charge in [0.05, 0.1) is 11.1 Å². The average Bonchev–Trinajstić information content (AvgIpc) is 3.07. The Morgan fingerprint density at radius 3 is 1.75 bits per heavy atom. The maximum absolute atomic E-state index is 14.2. The van der Waals surface area contributed by atoms with E-state index in [9.17, 15) is 40.7 Å². The molecule has 3 aromatic rings. The number of benzene rings is 3. The Morgan fingerprint density at radius 2 is 1.22 bits per heavy atom. The summed E-state index contributed by atoms with van der Waals surface area (Å²) in [6.07, 6.45) is -11.6. The minimum atomic E-state index is -5.78. The molecule has 36 heavy (non-hydrogen) atoms. The summed E-state index contributed by atoms with van der Waals surface area (Å²) < 4.78 is 89.4. The van der Waals surface area contributed by atoms with Gasteiger partial charge in [-0.1, -0.05) is 24.3 Å². The number of hydrogen-bond donors (Lipinski definition) is 2. The summed E-state index contributed by atoms with van der Waals surface area (Å²) >= 11 is 0. The minimum absolute atomic E-state index is 0.0146. The number of carbonyl (C=O) groups excluding carboxylic acids is 3. The maximum Gasteiger partial charge on any atom is 0.411 e. The van der Waals surface area contributed by atoms with Crippen molar-refractivity contribution in [1.82, 2.24) is 0 Å². The second-order valence-electron chi connectivity index (χ2n) is 7.84. The molecule has 0 radical (unpaired) electrons. The third kappa shape index (κ3) is 3.93. The zero-order valence-corrected chi connectivity index (χ0v) is 17.8. The van der Waals surface area contributed by atoms with Crippen LogP contribution in [0.25, 0.3) is 0 Å². The van der Waals surface area contributed by atoms with Crippen molar-refractivity contribution in [2.24, 2.45) is 0 Å². The largest absolute Gasteiger partial charge is 0.411 e. The zero-order valence-electron chi connectivity index (χ0n) is 17.8. The molecule has 12 heteroatoms. The Kier molecular flexibility index (Phi) is 5.78. The summed E-state index contributed by atoms with van der Waals surface area (Å²) in [6, 6.07) is 9.71. The molecule has 0 atom stereocenters. The first-order valence-electron chi connectivity index (χ1n) is 10.1. The lowest BCUT2D eigenvalue weighted by molar-refractivity contribution is -0.288. The second kappa shape index (κ2) is 8.40. The quantitative estimate of drug-likeness (QED) is 0.217. The van der Waals surface area contributed by atoms with Crippen LogP contribution in [0, 0.1) is 0 Å². The predicted molar refractivity (Wildman–Crippen MR) is 114 cm³/mol. The molecule has 1 heterocycles. The highest BCUT2D eigenvalue weighted by Gasteiger charge is 2.72. The van der Waals surface area contributed by atoms with Crippen molar-refractivity contribution in [1.29, 1.82) is 0 Å². The van der Waals surface area contributed by atoms with E-state index in [1.165, 1.54) is 12.1 Å². The fraction of sp³-hybridized carbons (Fsp3) is 0.125. The normalized spacial score (nSPS) is 13.8. The van der Waals surface area contributed by atoms with Crippen LogP contribution in [0.3, 0.4) is 0 Å². The topological polar surface area (TPSA) is 98.5 Å². The van der Waals surface area contributed by atoms with Gasteiger partial charge in [0.1, 0.15) is 0 Å². The third-order valence-corrected chi connectivity index (χ3v) is 5.68. The molecule has 0 saturated carbocycles. The first-order chi connectivity index (χ1) is 16.8. The van der Waals surface area contributed by atoms with Crippen molar-refractivity contribution >= 4 is 29.2 Å². The molecule has 0 aliphatic carbocycles. The molecule has 1 amide bonds. The molecule has 0 fully saturated rings. The SMILES string of the molecule is Nc1ccc(C(c2ccc(NC(=O)c3ccc4c(c3)C(=O)OC4=O)cc2)(C(F)(F)F)C(F)(F)F)cc1. The molecule has 186 valence electrons. The summed E-state index contributed by atoms with van der Waals surface area (Å²) in [6.45, 7) is 0. The van der Waals surface area contributed by atoms with Crippen molar-refractivity contribution < 1.29 is 45.5 Å². The Labute approximate surface area is 198 Å². The van der Waals surface area contributed by atoms with Gasteiger partial charge in [0.2, 0.25) is 5.41 Å². The van der Waals surface area contributed by atoms with Gasteiger partial charge in [-0.3, -0.25) is 4.79 Å². The van der Waals surface area contributed by atoms with Gasteiger partial charge in [0.25, 0.3) is 5.91 Å². The van der Waals surface area contributed by atoms with Crippen molar-refractivity contribution in [3.63, 3.8) is 0 Å². The Hall–Kier alpha value is -4.35. The predicted octanol–water partition coefficient (Wildman–Crippen LogP) is 5.24. The third-order valence-electron chi connectivity index (χ3n) is 5.68. The van der Waals surface area contributed by atoms with E-state index in [2.05, 4.69) is 10.1 Å². The van der Waals surface area contributed by atoms with E-state index in [1.807, 2.05) is 0 Å². The maximum atomic E-state index is 14.2. The van der Waals surface area contributed by atoms with Gasteiger partial charge < -0.3 is 15.8 Å². The van der Waals surface area contributed by atoms with Gasteiger partial charge in [-0.25, -0.2) is 9.59 Å². The lowest BCUT2D eigenvalue weighted by Gasteiger charge is -2.38. The van der Waals surface area contributed by atoms with E-state index in [1.54, 1.807) is 0 Å². The van der Waals surface area contributed by atoms with Gasteiger partial charge in [0, 0.05) is 16.9 Å². The minimum Gasteiger partial charge on any atom is -0.399 e. The number of cyclic esters (lactones) is 2. The van der Waals surface area contributed by atoms with E-state index in [0.29, 0.717) is 24.3 Å². The number of esters is 2. The number of ether oxygens (including phenoxy) is 1. The monoisotopic (exact) mass is 508 g/mol. The summed E-state index contributed by atoms with van der Waals surface area (Å²) in [5.41, 5.74) is -1.52. The standard InChI is InChI=1S/C24H14F6N2O4/c25-23(26,27)22(24(28,29)30,13-2-6-15(31)7-3-13)14-4-8-16(9-5-14)32-19(33)12-1-10-17-18(11-12)21(35)36-20(17)34/h1-11H,31H2,(H,32,33). The Morgan fingerprint density at radius 1 is 0.722 bits per heavy atom. The zero-order chi connectivity index (χ0) is 26.5. The second-order valence-corrected chi connectivity index (χ2v) is 7.84. The number of alkyl halides is 6. The molecule has 0 unspecified atom stereocenters. The summed E-state index contributed by atoms with van der Waals surface area (Å²) in [7, 11) is 0. The van der Waals surface area contributed by atoms with E-state index in [0.717, 1.165) is 30.3 Å². The first-order valence-corrected chi connectivity index (χ1v) is 10.1. The Bertz CT molecular complexity index is 1350. The van der Waals surface area contributed by atoms with Crippen LogP contribution in [-0.2, 0) is 10.2 Å². The van der Waals surface area contributed by atoms with Crippen LogP contribution in [0.5, 0.6) is 0 Å². The van der Waals surface area contributed by atoms with E-state index in [4.69, 9.17) is 5.73 Å². The fourth-order valence-electron chi connectivity index (χ4n) is 3.95. The van der Waals surface area contributed by atoms with Crippen LogP contribution in [-0.4, -0.2) is 30.2 Å². The van der Waals surface area contributed by atoms with Gasteiger partial charge in [-0.15, -0.1) is 0 Å². The number of anilines is 2. The Balaban J connectivity index is 1.69. The molecule has 1 aliphatic heterocycles. The molecule has 3 aromatic carbocycles. The number of carbonyl (C=O) groups is 3. The molecule has 3 N–H and O–H groups in total. The average molecular weight is 508 g/mol. The number of amides is 1. The number of fused-ring (bicyclic) bond motifs is 1.